The lowest BCUT2D eigenvalue weighted by Gasteiger charge is -2.31. The van der Waals surface area contributed by atoms with Crippen molar-refractivity contribution >= 4 is 23.4 Å². The van der Waals surface area contributed by atoms with Gasteiger partial charge in [0.05, 0.1) is 11.1 Å². The summed E-state index contributed by atoms with van der Waals surface area (Å²) in [6.45, 7) is 1.47. The number of nitrogens with two attached hydrogens (primary N) is 1. The summed E-state index contributed by atoms with van der Waals surface area (Å²) in [4.78, 5) is 24.8. The monoisotopic (exact) mass is 238 g/mol. The number of likely N-dealkylation sites (tertiary alicyclic amines) is 1. The van der Waals surface area contributed by atoms with Gasteiger partial charge in [-0.05, 0) is 24.6 Å². The van der Waals surface area contributed by atoms with Crippen LogP contribution in [-0.2, 0) is 0 Å². The molecule has 1 saturated heterocycles. The van der Waals surface area contributed by atoms with E-state index < -0.39 is 5.91 Å². The Balaban J connectivity index is 2.38. The van der Waals surface area contributed by atoms with Crippen LogP contribution in [0.25, 0.3) is 0 Å². The minimum atomic E-state index is -0.633. The van der Waals surface area contributed by atoms with Gasteiger partial charge in [-0.3, -0.25) is 9.59 Å². The van der Waals surface area contributed by atoms with Crippen LogP contribution in [0.4, 0.5) is 0 Å². The van der Waals surface area contributed by atoms with Crippen molar-refractivity contribution in [2.75, 3.05) is 13.1 Å². The summed E-state index contributed by atoms with van der Waals surface area (Å²) in [5.74, 6) is -0.789. The SMILES string of the molecule is NC(=O)c1cc(Cl)ccc1C(=O)N1CCC1. The number of halogens is 1. The first-order valence-corrected chi connectivity index (χ1v) is 5.36. The minimum absolute atomic E-state index is 0.156. The third-order valence-electron chi connectivity index (χ3n) is 2.62. The topological polar surface area (TPSA) is 63.4 Å². The van der Waals surface area contributed by atoms with Gasteiger partial charge in [-0.1, -0.05) is 11.6 Å². The summed E-state index contributed by atoms with van der Waals surface area (Å²) in [7, 11) is 0. The number of hydrogen-bond donors (Lipinski definition) is 1. The summed E-state index contributed by atoms with van der Waals surface area (Å²) in [5.41, 5.74) is 5.73. The fourth-order valence-corrected chi connectivity index (χ4v) is 1.77. The molecule has 1 aliphatic heterocycles. The zero-order chi connectivity index (χ0) is 11.7. The Hall–Kier alpha value is -1.55. The second kappa shape index (κ2) is 4.14. The molecule has 1 fully saturated rings. The molecule has 0 spiro atoms. The van der Waals surface area contributed by atoms with Gasteiger partial charge in [-0.25, -0.2) is 0 Å². The van der Waals surface area contributed by atoms with E-state index in [1.807, 2.05) is 0 Å². The fourth-order valence-electron chi connectivity index (χ4n) is 1.60. The van der Waals surface area contributed by atoms with Gasteiger partial charge in [0.15, 0.2) is 0 Å². The second-order valence-electron chi connectivity index (χ2n) is 3.70. The van der Waals surface area contributed by atoms with E-state index in [1.165, 1.54) is 6.07 Å². The van der Waals surface area contributed by atoms with E-state index in [0.717, 1.165) is 19.5 Å². The van der Waals surface area contributed by atoms with Gasteiger partial charge in [-0.15, -0.1) is 0 Å². The Bertz CT molecular complexity index is 455. The molecule has 1 aromatic rings. The van der Waals surface area contributed by atoms with E-state index in [9.17, 15) is 9.59 Å². The fraction of sp³-hybridized carbons (Fsp3) is 0.273. The van der Waals surface area contributed by atoms with Gasteiger partial charge in [-0.2, -0.15) is 0 Å². The van der Waals surface area contributed by atoms with E-state index in [0.29, 0.717) is 10.6 Å². The van der Waals surface area contributed by atoms with Gasteiger partial charge < -0.3 is 10.6 Å². The lowest BCUT2D eigenvalue weighted by molar-refractivity contribution is 0.0648. The maximum absolute atomic E-state index is 11.9. The molecule has 16 heavy (non-hydrogen) atoms. The number of benzene rings is 1. The third-order valence-corrected chi connectivity index (χ3v) is 2.86. The lowest BCUT2D eigenvalue weighted by Crippen LogP contribution is -2.42. The van der Waals surface area contributed by atoms with Crippen LogP contribution in [0, 0.1) is 0 Å². The van der Waals surface area contributed by atoms with Crippen LogP contribution in [0.5, 0.6) is 0 Å². The molecule has 1 aromatic carbocycles. The van der Waals surface area contributed by atoms with Crippen LogP contribution in [0.3, 0.4) is 0 Å². The van der Waals surface area contributed by atoms with Crippen molar-refractivity contribution < 1.29 is 9.59 Å². The molecule has 2 N–H and O–H groups in total. The van der Waals surface area contributed by atoms with E-state index in [4.69, 9.17) is 17.3 Å². The summed E-state index contributed by atoms with van der Waals surface area (Å²) in [6.07, 6.45) is 1.01. The Morgan fingerprint density at radius 1 is 1.25 bits per heavy atom. The van der Waals surface area contributed by atoms with Crippen LogP contribution in [0.15, 0.2) is 18.2 Å². The number of amides is 2. The predicted molar refractivity (Wildman–Crippen MR) is 60.5 cm³/mol. The van der Waals surface area contributed by atoms with Crippen LogP contribution in [-0.4, -0.2) is 29.8 Å². The molecule has 0 saturated carbocycles. The Labute approximate surface area is 98.0 Å². The third kappa shape index (κ3) is 1.88. The highest BCUT2D eigenvalue weighted by molar-refractivity contribution is 6.31. The number of nitrogens with zero attached hydrogens (tertiary/aromatic N) is 1. The molecular formula is C11H11ClN2O2. The summed E-state index contributed by atoms with van der Waals surface area (Å²) in [5, 5.41) is 0.397. The number of carbonyl (C=O) groups is 2. The lowest BCUT2D eigenvalue weighted by atomic mass is 10.0. The van der Waals surface area contributed by atoms with Crippen molar-refractivity contribution in [3.8, 4) is 0 Å². The van der Waals surface area contributed by atoms with Crippen LogP contribution < -0.4 is 5.73 Å². The number of primary amides is 1. The Kier molecular flexibility index (Phi) is 2.83. The highest BCUT2D eigenvalue weighted by Gasteiger charge is 2.24. The maximum atomic E-state index is 11.9. The van der Waals surface area contributed by atoms with Gasteiger partial charge in [0, 0.05) is 18.1 Å². The quantitative estimate of drug-likeness (QED) is 0.844. The first-order valence-electron chi connectivity index (χ1n) is 4.98. The highest BCUT2D eigenvalue weighted by Crippen LogP contribution is 2.19. The van der Waals surface area contributed by atoms with Crippen molar-refractivity contribution in [1.82, 2.24) is 4.90 Å². The summed E-state index contributed by atoms with van der Waals surface area (Å²) in [6, 6.07) is 4.56. The van der Waals surface area contributed by atoms with Crippen LogP contribution in [0.1, 0.15) is 27.1 Å². The summed E-state index contributed by atoms with van der Waals surface area (Å²) >= 11 is 5.76. The number of rotatable bonds is 2. The Morgan fingerprint density at radius 3 is 2.44 bits per heavy atom. The van der Waals surface area contributed by atoms with Gasteiger partial charge >= 0.3 is 0 Å². The van der Waals surface area contributed by atoms with Crippen molar-refractivity contribution in [2.24, 2.45) is 5.73 Å². The maximum Gasteiger partial charge on any atom is 0.254 e. The molecule has 1 aliphatic rings. The smallest absolute Gasteiger partial charge is 0.254 e. The highest BCUT2D eigenvalue weighted by atomic mass is 35.5. The molecule has 0 bridgehead atoms. The molecule has 0 unspecified atom stereocenters. The van der Waals surface area contributed by atoms with Gasteiger partial charge in [0.2, 0.25) is 5.91 Å². The molecule has 0 radical (unpaired) electrons. The van der Waals surface area contributed by atoms with Crippen LogP contribution in [0.2, 0.25) is 5.02 Å². The molecular weight excluding hydrogens is 228 g/mol. The molecule has 4 nitrogen and oxygen atoms in total. The van der Waals surface area contributed by atoms with E-state index in [1.54, 1.807) is 17.0 Å². The van der Waals surface area contributed by atoms with Gasteiger partial charge in [0.25, 0.3) is 5.91 Å². The zero-order valence-corrected chi connectivity index (χ0v) is 9.33. The van der Waals surface area contributed by atoms with E-state index >= 15 is 0 Å². The first-order chi connectivity index (χ1) is 7.59. The van der Waals surface area contributed by atoms with Crippen molar-refractivity contribution in [2.45, 2.75) is 6.42 Å². The average molecular weight is 239 g/mol. The first kappa shape index (κ1) is 11.0. The molecule has 2 amide bonds. The molecule has 5 heteroatoms. The number of hydrogen-bond acceptors (Lipinski definition) is 2. The molecule has 0 aliphatic carbocycles. The van der Waals surface area contributed by atoms with Crippen molar-refractivity contribution in [3.05, 3.63) is 34.3 Å². The Morgan fingerprint density at radius 2 is 1.94 bits per heavy atom. The zero-order valence-electron chi connectivity index (χ0n) is 8.57. The van der Waals surface area contributed by atoms with Crippen molar-refractivity contribution in [3.63, 3.8) is 0 Å². The molecule has 0 aromatic heterocycles. The molecule has 2 rings (SSSR count). The minimum Gasteiger partial charge on any atom is -0.366 e. The van der Waals surface area contributed by atoms with E-state index in [-0.39, 0.29) is 11.5 Å². The molecule has 0 atom stereocenters. The molecule has 84 valence electrons. The number of carbonyl (C=O) groups excluding carboxylic acids is 2. The predicted octanol–water partition coefficient (Wildman–Crippen LogP) is 1.28. The standard InChI is InChI=1S/C11H11ClN2O2/c12-7-2-3-8(9(6-7)10(13)15)11(16)14-4-1-5-14/h2-3,6H,1,4-5H2,(H2,13,15). The largest absolute Gasteiger partial charge is 0.366 e. The average Bonchev–Trinajstić information content (AvgIpc) is 2.14. The molecule has 1 heterocycles. The van der Waals surface area contributed by atoms with Crippen LogP contribution >= 0.6 is 11.6 Å². The van der Waals surface area contributed by atoms with Gasteiger partial charge in [0.1, 0.15) is 0 Å². The normalized spacial score (nSPS) is 14.4. The van der Waals surface area contributed by atoms with E-state index in [2.05, 4.69) is 0 Å². The second-order valence-corrected chi connectivity index (χ2v) is 4.14. The van der Waals surface area contributed by atoms with Crippen molar-refractivity contribution in [1.29, 1.82) is 0 Å². The summed E-state index contributed by atoms with van der Waals surface area (Å²) < 4.78 is 0.